The van der Waals surface area contributed by atoms with Gasteiger partial charge < -0.3 is 5.73 Å². The maximum absolute atomic E-state index is 13.4. The predicted molar refractivity (Wildman–Crippen MR) is 79.3 cm³/mol. The van der Waals surface area contributed by atoms with E-state index in [0.717, 1.165) is 25.7 Å². The fourth-order valence-corrected chi connectivity index (χ4v) is 3.23. The lowest BCUT2D eigenvalue weighted by atomic mass is 9.70. The van der Waals surface area contributed by atoms with Crippen molar-refractivity contribution < 1.29 is 9.18 Å². The lowest BCUT2D eigenvalue weighted by Gasteiger charge is -2.35. The van der Waals surface area contributed by atoms with Gasteiger partial charge in [-0.2, -0.15) is 0 Å². The summed E-state index contributed by atoms with van der Waals surface area (Å²) in [5.74, 6) is -0.331. The first kappa shape index (κ1) is 15.5. The van der Waals surface area contributed by atoms with Crippen molar-refractivity contribution in [3.8, 4) is 0 Å². The van der Waals surface area contributed by atoms with E-state index in [0.29, 0.717) is 18.5 Å². The number of benzene rings is 1. The third kappa shape index (κ3) is 3.80. The molecule has 20 heavy (non-hydrogen) atoms. The van der Waals surface area contributed by atoms with Crippen molar-refractivity contribution in [2.75, 3.05) is 6.54 Å². The summed E-state index contributed by atoms with van der Waals surface area (Å²) in [5, 5.41) is 0.0897. The molecule has 1 aliphatic rings. The largest absolute Gasteiger partial charge is 0.330 e. The van der Waals surface area contributed by atoms with Gasteiger partial charge in [-0.15, -0.1) is 0 Å². The van der Waals surface area contributed by atoms with Crippen LogP contribution in [0, 0.1) is 11.2 Å². The minimum absolute atomic E-state index is 0.0275. The van der Waals surface area contributed by atoms with Crippen LogP contribution in [0.25, 0.3) is 0 Å². The van der Waals surface area contributed by atoms with Crippen LogP contribution in [0.5, 0.6) is 0 Å². The average Bonchev–Trinajstić information content (AvgIpc) is 2.44. The number of Topliss-reactive ketones (excluding diaryl/α,β-unsaturated/α-hetero) is 1. The molecule has 0 aliphatic heterocycles. The minimum Gasteiger partial charge on any atom is -0.330 e. The molecule has 1 aliphatic carbocycles. The van der Waals surface area contributed by atoms with Crippen LogP contribution in [0.3, 0.4) is 0 Å². The van der Waals surface area contributed by atoms with Crippen molar-refractivity contribution in [3.63, 3.8) is 0 Å². The highest BCUT2D eigenvalue weighted by Gasteiger charge is 2.32. The number of hydrogen-bond acceptors (Lipinski definition) is 2. The molecule has 4 heteroatoms. The molecule has 0 saturated heterocycles. The van der Waals surface area contributed by atoms with Crippen molar-refractivity contribution in [2.24, 2.45) is 11.1 Å². The van der Waals surface area contributed by atoms with Gasteiger partial charge in [0.25, 0.3) is 0 Å². The molecule has 0 bridgehead atoms. The van der Waals surface area contributed by atoms with E-state index in [4.69, 9.17) is 17.3 Å². The molecule has 1 saturated carbocycles. The smallest absolute Gasteiger partial charge is 0.142 e. The fraction of sp³-hybridized carbons (Fsp3) is 0.562. The number of hydrogen-bond donors (Lipinski definition) is 1. The monoisotopic (exact) mass is 297 g/mol. The van der Waals surface area contributed by atoms with Gasteiger partial charge in [0.1, 0.15) is 11.6 Å². The van der Waals surface area contributed by atoms with Gasteiger partial charge in [0.05, 0.1) is 5.02 Å². The van der Waals surface area contributed by atoms with E-state index in [1.807, 2.05) is 0 Å². The second kappa shape index (κ2) is 6.68. The van der Waals surface area contributed by atoms with Crippen LogP contribution in [0.15, 0.2) is 18.2 Å². The number of ketones is 1. The molecule has 0 heterocycles. The SMILES string of the molecule is NCC1(CC(=O)Cc2ccc(Cl)c(F)c2)CCCCC1. The fourth-order valence-electron chi connectivity index (χ4n) is 3.11. The second-order valence-corrected chi connectivity index (χ2v) is 6.31. The first-order valence-corrected chi connectivity index (χ1v) is 7.58. The van der Waals surface area contributed by atoms with Crippen molar-refractivity contribution in [1.82, 2.24) is 0 Å². The first-order chi connectivity index (χ1) is 9.54. The van der Waals surface area contributed by atoms with E-state index in [1.54, 1.807) is 6.07 Å². The van der Waals surface area contributed by atoms with Gasteiger partial charge in [-0.25, -0.2) is 4.39 Å². The number of carbonyl (C=O) groups is 1. The van der Waals surface area contributed by atoms with Crippen molar-refractivity contribution in [1.29, 1.82) is 0 Å². The van der Waals surface area contributed by atoms with Gasteiger partial charge in [0.2, 0.25) is 0 Å². The zero-order chi connectivity index (χ0) is 14.6. The molecule has 0 spiro atoms. The Kier molecular flexibility index (Phi) is 5.17. The van der Waals surface area contributed by atoms with E-state index in [2.05, 4.69) is 0 Å². The average molecular weight is 298 g/mol. The van der Waals surface area contributed by atoms with Crippen LogP contribution in [-0.2, 0) is 11.2 Å². The van der Waals surface area contributed by atoms with Gasteiger partial charge in [-0.05, 0) is 42.5 Å². The maximum Gasteiger partial charge on any atom is 0.142 e. The summed E-state index contributed by atoms with van der Waals surface area (Å²) in [6.07, 6.45) is 6.37. The van der Waals surface area contributed by atoms with Gasteiger partial charge in [0.15, 0.2) is 0 Å². The zero-order valence-electron chi connectivity index (χ0n) is 11.6. The van der Waals surface area contributed by atoms with Crippen molar-refractivity contribution >= 4 is 17.4 Å². The van der Waals surface area contributed by atoms with Gasteiger partial charge in [0, 0.05) is 12.8 Å². The molecular weight excluding hydrogens is 277 g/mol. The quantitative estimate of drug-likeness (QED) is 0.896. The molecule has 1 fully saturated rings. The van der Waals surface area contributed by atoms with Gasteiger partial charge in [-0.3, -0.25) is 4.79 Å². The molecule has 0 unspecified atom stereocenters. The number of carbonyl (C=O) groups excluding carboxylic acids is 1. The van der Waals surface area contributed by atoms with Crippen LogP contribution in [0.1, 0.15) is 44.1 Å². The second-order valence-electron chi connectivity index (χ2n) is 5.91. The lowest BCUT2D eigenvalue weighted by Crippen LogP contribution is -2.35. The Hall–Kier alpha value is -0.930. The first-order valence-electron chi connectivity index (χ1n) is 7.20. The van der Waals surface area contributed by atoms with Crippen LogP contribution >= 0.6 is 11.6 Å². The molecule has 1 aromatic carbocycles. The highest BCUT2D eigenvalue weighted by atomic mass is 35.5. The summed E-state index contributed by atoms with van der Waals surface area (Å²) >= 11 is 5.64. The van der Waals surface area contributed by atoms with Crippen LogP contribution in [0.2, 0.25) is 5.02 Å². The Bertz CT molecular complexity index is 483. The minimum atomic E-state index is -0.469. The highest BCUT2D eigenvalue weighted by molar-refractivity contribution is 6.30. The van der Waals surface area contributed by atoms with Crippen LogP contribution in [0.4, 0.5) is 4.39 Å². The van der Waals surface area contributed by atoms with Gasteiger partial charge >= 0.3 is 0 Å². The maximum atomic E-state index is 13.4. The van der Waals surface area contributed by atoms with E-state index in [-0.39, 0.29) is 22.6 Å². The Morgan fingerprint density at radius 1 is 1.30 bits per heavy atom. The number of nitrogens with two attached hydrogens (primary N) is 1. The summed E-state index contributed by atoms with van der Waals surface area (Å²) in [5.41, 5.74) is 6.55. The van der Waals surface area contributed by atoms with Crippen LogP contribution < -0.4 is 5.73 Å². The molecule has 0 aromatic heterocycles. The Morgan fingerprint density at radius 3 is 2.60 bits per heavy atom. The number of rotatable bonds is 5. The third-order valence-corrected chi connectivity index (χ3v) is 4.61. The van der Waals surface area contributed by atoms with E-state index in [1.165, 1.54) is 18.6 Å². The summed E-state index contributed by atoms with van der Waals surface area (Å²) in [4.78, 5) is 12.2. The number of halogens is 2. The van der Waals surface area contributed by atoms with E-state index in [9.17, 15) is 9.18 Å². The molecule has 2 nitrogen and oxygen atoms in total. The Balaban J connectivity index is 1.98. The molecule has 110 valence electrons. The molecule has 2 rings (SSSR count). The summed E-state index contributed by atoms with van der Waals surface area (Å²) < 4.78 is 13.4. The van der Waals surface area contributed by atoms with Crippen molar-refractivity contribution in [2.45, 2.75) is 44.9 Å². The molecular formula is C16H21ClFNO. The Labute approximate surface area is 124 Å². The normalized spacial score (nSPS) is 17.9. The van der Waals surface area contributed by atoms with Crippen LogP contribution in [-0.4, -0.2) is 12.3 Å². The molecule has 0 amide bonds. The molecule has 1 aromatic rings. The van der Waals surface area contributed by atoms with E-state index >= 15 is 0 Å². The summed E-state index contributed by atoms with van der Waals surface area (Å²) in [7, 11) is 0. The predicted octanol–water partition coefficient (Wildman–Crippen LogP) is 3.89. The lowest BCUT2D eigenvalue weighted by molar-refractivity contribution is -0.121. The molecule has 0 radical (unpaired) electrons. The molecule has 0 atom stereocenters. The summed E-state index contributed by atoms with van der Waals surface area (Å²) in [6, 6.07) is 4.55. The zero-order valence-corrected chi connectivity index (χ0v) is 12.4. The topological polar surface area (TPSA) is 43.1 Å². The third-order valence-electron chi connectivity index (χ3n) is 4.30. The van der Waals surface area contributed by atoms with Gasteiger partial charge in [-0.1, -0.05) is 36.9 Å². The highest BCUT2D eigenvalue weighted by Crippen LogP contribution is 2.38. The van der Waals surface area contributed by atoms with Crippen molar-refractivity contribution in [3.05, 3.63) is 34.6 Å². The summed E-state index contributed by atoms with van der Waals surface area (Å²) in [6.45, 7) is 0.563. The van der Waals surface area contributed by atoms with E-state index < -0.39 is 5.82 Å². The Morgan fingerprint density at radius 2 is 2.00 bits per heavy atom. The standard InChI is InChI=1S/C16H21ClFNO/c17-14-5-4-12(9-15(14)18)8-13(20)10-16(11-19)6-2-1-3-7-16/h4-5,9H,1-3,6-8,10-11,19H2. The molecule has 2 N–H and O–H groups in total.